The second-order valence-corrected chi connectivity index (χ2v) is 4.16. The third-order valence-corrected chi connectivity index (χ3v) is 3.00. The third-order valence-electron chi connectivity index (χ3n) is 3.00. The van der Waals surface area contributed by atoms with Crippen LogP contribution in [0.5, 0.6) is 5.88 Å². The summed E-state index contributed by atoms with van der Waals surface area (Å²) in [5, 5.41) is 4.60. The number of ether oxygens (including phenoxy) is 1. The van der Waals surface area contributed by atoms with E-state index < -0.39 is 0 Å². The number of hydrogen-bond donors (Lipinski definition) is 0. The standard InChI is InChI=1S/C14H19N3O/c1-4-12-9-13(5-2)17(16-12)10-11-7-6-8-15-14(11)18-3/h6-9H,4-5,10H2,1-3H3. The smallest absolute Gasteiger partial charge is 0.218 e. The van der Waals surface area contributed by atoms with Crippen LogP contribution in [0.1, 0.15) is 30.8 Å². The van der Waals surface area contributed by atoms with Gasteiger partial charge in [-0.05, 0) is 25.0 Å². The molecule has 2 aromatic rings. The van der Waals surface area contributed by atoms with Gasteiger partial charge in [-0.3, -0.25) is 4.68 Å². The highest BCUT2D eigenvalue weighted by molar-refractivity contribution is 5.26. The quantitative estimate of drug-likeness (QED) is 0.812. The lowest BCUT2D eigenvalue weighted by Gasteiger charge is -2.09. The van der Waals surface area contributed by atoms with Crippen molar-refractivity contribution in [1.29, 1.82) is 0 Å². The molecule has 0 aliphatic carbocycles. The summed E-state index contributed by atoms with van der Waals surface area (Å²) in [7, 11) is 1.65. The Balaban J connectivity index is 2.30. The molecular formula is C14H19N3O. The van der Waals surface area contributed by atoms with Gasteiger partial charge in [-0.15, -0.1) is 0 Å². The summed E-state index contributed by atoms with van der Waals surface area (Å²) in [6.07, 6.45) is 3.68. The van der Waals surface area contributed by atoms with Gasteiger partial charge >= 0.3 is 0 Å². The van der Waals surface area contributed by atoms with Gasteiger partial charge in [0.2, 0.25) is 5.88 Å². The molecule has 2 rings (SSSR count). The number of pyridine rings is 1. The first-order chi connectivity index (χ1) is 8.78. The predicted octanol–water partition coefficient (Wildman–Crippen LogP) is 2.46. The number of aryl methyl sites for hydroxylation is 2. The van der Waals surface area contributed by atoms with Gasteiger partial charge < -0.3 is 4.74 Å². The van der Waals surface area contributed by atoms with Crippen LogP contribution in [-0.2, 0) is 19.4 Å². The molecule has 0 unspecified atom stereocenters. The molecule has 4 nitrogen and oxygen atoms in total. The molecule has 0 spiro atoms. The minimum Gasteiger partial charge on any atom is -0.481 e. The zero-order valence-corrected chi connectivity index (χ0v) is 11.2. The van der Waals surface area contributed by atoms with Crippen LogP contribution in [0.15, 0.2) is 24.4 Å². The second-order valence-electron chi connectivity index (χ2n) is 4.16. The third kappa shape index (κ3) is 2.53. The van der Waals surface area contributed by atoms with Crippen LogP contribution in [0.4, 0.5) is 0 Å². The fourth-order valence-corrected chi connectivity index (χ4v) is 2.00. The first kappa shape index (κ1) is 12.6. The summed E-state index contributed by atoms with van der Waals surface area (Å²) in [4.78, 5) is 4.21. The van der Waals surface area contributed by atoms with Crippen molar-refractivity contribution in [3.05, 3.63) is 41.3 Å². The molecule has 2 aromatic heterocycles. The van der Waals surface area contributed by atoms with E-state index in [9.17, 15) is 0 Å². The van der Waals surface area contributed by atoms with E-state index in [0.29, 0.717) is 12.4 Å². The van der Waals surface area contributed by atoms with Crippen molar-refractivity contribution >= 4 is 0 Å². The molecule has 0 N–H and O–H groups in total. The number of hydrogen-bond acceptors (Lipinski definition) is 3. The fraction of sp³-hybridized carbons (Fsp3) is 0.429. The molecule has 0 aliphatic rings. The van der Waals surface area contributed by atoms with Crippen molar-refractivity contribution in [3.63, 3.8) is 0 Å². The normalized spacial score (nSPS) is 10.6. The lowest BCUT2D eigenvalue weighted by molar-refractivity contribution is 0.390. The average molecular weight is 245 g/mol. The van der Waals surface area contributed by atoms with Crippen LogP contribution in [0.2, 0.25) is 0 Å². The first-order valence-corrected chi connectivity index (χ1v) is 6.32. The molecule has 0 aliphatic heterocycles. The zero-order valence-electron chi connectivity index (χ0n) is 11.2. The maximum absolute atomic E-state index is 5.27. The molecule has 0 saturated carbocycles. The van der Waals surface area contributed by atoms with Gasteiger partial charge in [-0.2, -0.15) is 5.10 Å². The fourth-order valence-electron chi connectivity index (χ4n) is 2.00. The van der Waals surface area contributed by atoms with E-state index in [-0.39, 0.29) is 0 Å². The Labute approximate surface area is 108 Å². The molecule has 96 valence electrons. The minimum absolute atomic E-state index is 0.674. The van der Waals surface area contributed by atoms with E-state index in [1.807, 2.05) is 16.8 Å². The van der Waals surface area contributed by atoms with Gasteiger partial charge in [0.05, 0.1) is 19.3 Å². The van der Waals surface area contributed by atoms with E-state index >= 15 is 0 Å². The average Bonchev–Trinajstić information content (AvgIpc) is 2.81. The number of methoxy groups -OCH3 is 1. The van der Waals surface area contributed by atoms with E-state index in [2.05, 4.69) is 30.0 Å². The van der Waals surface area contributed by atoms with Crippen molar-refractivity contribution < 1.29 is 4.74 Å². The van der Waals surface area contributed by atoms with Gasteiger partial charge in [0.25, 0.3) is 0 Å². The van der Waals surface area contributed by atoms with Crippen molar-refractivity contribution in [1.82, 2.24) is 14.8 Å². The highest BCUT2D eigenvalue weighted by Crippen LogP contribution is 2.16. The molecule has 2 heterocycles. The van der Waals surface area contributed by atoms with Crippen molar-refractivity contribution in [2.24, 2.45) is 0 Å². The van der Waals surface area contributed by atoms with E-state index in [1.165, 1.54) is 5.69 Å². The van der Waals surface area contributed by atoms with Crippen LogP contribution in [0, 0.1) is 0 Å². The summed E-state index contributed by atoms with van der Waals surface area (Å²) < 4.78 is 7.31. The Morgan fingerprint density at radius 2 is 2.11 bits per heavy atom. The minimum atomic E-state index is 0.674. The molecule has 0 aromatic carbocycles. The van der Waals surface area contributed by atoms with E-state index in [4.69, 9.17) is 4.74 Å². The van der Waals surface area contributed by atoms with Crippen LogP contribution in [0.3, 0.4) is 0 Å². The molecule has 0 radical (unpaired) electrons. The van der Waals surface area contributed by atoms with Gasteiger partial charge in [0.15, 0.2) is 0 Å². The maximum Gasteiger partial charge on any atom is 0.218 e. The molecule has 0 fully saturated rings. The van der Waals surface area contributed by atoms with E-state index in [0.717, 1.165) is 24.1 Å². The lowest BCUT2D eigenvalue weighted by atomic mass is 10.2. The van der Waals surface area contributed by atoms with Crippen LogP contribution < -0.4 is 4.74 Å². The van der Waals surface area contributed by atoms with Gasteiger partial charge in [-0.25, -0.2) is 4.98 Å². The number of rotatable bonds is 5. The van der Waals surface area contributed by atoms with E-state index in [1.54, 1.807) is 13.3 Å². The monoisotopic (exact) mass is 245 g/mol. The zero-order chi connectivity index (χ0) is 13.0. The second kappa shape index (κ2) is 5.67. The summed E-state index contributed by atoms with van der Waals surface area (Å²) in [6, 6.07) is 6.12. The van der Waals surface area contributed by atoms with Crippen molar-refractivity contribution in [2.45, 2.75) is 33.2 Å². The predicted molar refractivity (Wildman–Crippen MR) is 70.9 cm³/mol. The molecular weight excluding hydrogens is 226 g/mol. The molecule has 0 bridgehead atoms. The Hall–Kier alpha value is -1.84. The Bertz CT molecular complexity index is 520. The molecule has 18 heavy (non-hydrogen) atoms. The molecule has 0 amide bonds. The first-order valence-electron chi connectivity index (χ1n) is 6.32. The molecule has 0 atom stereocenters. The lowest BCUT2D eigenvalue weighted by Crippen LogP contribution is -2.07. The van der Waals surface area contributed by atoms with Gasteiger partial charge in [0, 0.05) is 17.5 Å². The summed E-state index contributed by atoms with van der Waals surface area (Å²) in [5.41, 5.74) is 3.44. The molecule has 0 saturated heterocycles. The van der Waals surface area contributed by atoms with Crippen LogP contribution >= 0.6 is 0 Å². The van der Waals surface area contributed by atoms with Crippen molar-refractivity contribution in [2.75, 3.05) is 7.11 Å². The Morgan fingerprint density at radius 3 is 2.78 bits per heavy atom. The Kier molecular flexibility index (Phi) is 3.97. The topological polar surface area (TPSA) is 39.9 Å². The summed E-state index contributed by atoms with van der Waals surface area (Å²) in [6.45, 7) is 4.98. The maximum atomic E-state index is 5.27. The van der Waals surface area contributed by atoms with Gasteiger partial charge in [0.1, 0.15) is 0 Å². The van der Waals surface area contributed by atoms with Crippen LogP contribution in [-0.4, -0.2) is 21.9 Å². The highest BCUT2D eigenvalue weighted by atomic mass is 16.5. The van der Waals surface area contributed by atoms with Gasteiger partial charge in [-0.1, -0.05) is 19.9 Å². The number of aromatic nitrogens is 3. The molecule has 4 heteroatoms. The SMILES string of the molecule is CCc1cc(CC)n(Cc2cccnc2OC)n1. The Morgan fingerprint density at radius 1 is 1.28 bits per heavy atom. The number of nitrogens with zero attached hydrogens (tertiary/aromatic N) is 3. The van der Waals surface area contributed by atoms with Crippen LogP contribution in [0.25, 0.3) is 0 Å². The summed E-state index contributed by atoms with van der Waals surface area (Å²) in [5.74, 6) is 0.674. The summed E-state index contributed by atoms with van der Waals surface area (Å²) >= 11 is 0. The highest BCUT2D eigenvalue weighted by Gasteiger charge is 2.09. The van der Waals surface area contributed by atoms with Crippen molar-refractivity contribution in [3.8, 4) is 5.88 Å². The largest absolute Gasteiger partial charge is 0.481 e.